The lowest BCUT2D eigenvalue weighted by Gasteiger charge is -2.35. The lowest BCUT2D eigenvalue weighted by molar-refractivity contribution is -0.114. The van der Waals surface area contributed by atoms with Gasteiger partial charge in [0.15, 0.2) is 5.76 Å². The van der Waals surface area contributed by atoms with Crippen LogP contribution in [-0.4, -0.2) is 50.0 Å². The molecule has 184 valence electrons. The number of aryl methyl sites for hydroxylation is 2. The van der Waals surface area contributed by atoms with Gasteiger partial charge in [-0.3, -0.25) is 4.79 Å². The number of aromatic nitrogens is 1. The Hall–Kier alpha value is -3.50. The van der Waals surface area contributed by atoms with E-state index in [1.54, 1.807) is 56.3 Å². The van der Waals surface area contributed by atoms with E-state index in [1.807, 2.05) is 11.0 Å². The van der Waals surface area contributed by atoms with Crippen LogP contribution in [0, 0.1) is 19.7 Å². The quantitative estimate of drug-likeness (QED) is 0.551. The molecule has 8 nitrogen and oxygen atoms in total. The van der Waals surface area contributed by atoms with Crippen LogP contribution in [0.5, 0.6) is 0 Å². The number of amides is 1. The zero-order valence-corrected chi connectivity index (χ0v) is 20.6. The zero-order valence-electron chi connectivity index (χ0n) is 19.8. The van der Waals surface area contributed by atoms with Crippen molar-refractivity contribution in [2.75, 3.05) is 36.4 Å². The molecule has 2 aromatic carbocycles. The van der Waals surface area contributed by atoms with Crippen molar-refractivity contribution in [2.24, 2.45) is 0 Å². The number of carbonyl (C=O) groups is 1. The molecule has 3 aromatic rings. The van der Waals surface area contributed by atoms with Gasteiger partial charge in [-0.15, -0.1) is 0 Å². The maximum Gasteiger partial charge on any atom is 0.243 e. The highest BCUT2D eigenvalue weighted by atomic mass is 32.2. The predicted octanol–water partition coefficient (Wildman–Crippen LogP) is 4.07. The maximum atomic E-state index is 14.1. The number of nitrogens with zero attached hydrogens (tertiary/aromatic N) is 3. The summed E-state index contributed by atoms with van der Waals surface area (Å²) >= 11 is 0. The van der Waals surface area contributed by atoms with E-state index < -0.39 is 10.0 Å². The third-order valence-electron chi connectivity index (χ3n) is 5.88. The van der Waals surface area contributed by atoms with Crippen molar-refractivity contribution in [3.63, 3.8) is 0 Å². The number of benzene rings is 2. The van der Waals surface area contributed by atoms with Gasteiger partial charge in [0.05, 0.1) is 10.6 Å². The van der Waals surface area contributed by atoms with Crippen LogP contribution in [0.4, 0.5) is 15.8 Å². The van der Waals surface area contributed by atoms with Crippen molar-refractivity contribution < 1.29 is 22.1 Å². The molecular formula is C25H27FN4O4S. The molecule has 0 bridgehead atoms. The Morgan fingerprint density at radius 1 is 1.09 bits per heavy atom. The molecule has 1 fully saturated rings. The van der Waals surface area contributed by atoms with E-state index in [1.165, 1.54) is 17.3 Å². The average Bonchev–Trinajstić information content (AvgIpc) is 3.17. The molecule has 2 heterocycles. The molecule has 0 radical (unpaired) electrons. The molecule has 35 heavy (non-hydrogen) atoms. The maximum absolute atomic E-state index is 14.1. The normalized spacial score (nSPS) is 15.0. The number of para-hydroxylation sites is 1. The summed E-state index contributed by atoms with van der Waals surface area (Å²) < 4.78 is 47.8. The topological polar surface area (TPSA) is 95.8 Å². The summed E-state index contributed by atoms with van der Waals surface area (Å²) in [6.45, 7) is 6.18. The van der Waals surface area contributed by atoms with Crippen LogP contribution < -0.4 is 10.2 Å². The summed E-state index contributed by atoms with van der Waals surface area (Å²) in [7, 11) is -3.75. The first-order chi connectivity index (χ1) is 16.7. The molecule has 1 aliphatic heterocycles. The van der Waals surface area contributed by atoms with Crippen LogP contribution in [0.1, 0.15) is 29.5 Å². The van der Waals surface area contributed by atoms with Crippen LogP contribution in [0.3, 0.4) is 0 Å². The van der Waals surface area contributed by atoms with Crippen molar-refractivity contribution in [2.45, 2.75) is 25.7 Å². The highest BCUT2D eigenvalue weighted by Crippen LogP contribution is 2.27. The Balaban J connectivity index is 1.53. The number of rotatable bonds is 6. The van der Waals surface area contributed by atoms with Gasteiger partial charge in [-0.1, -0.05) is 35.5 Å². The van der Waals surface area contributed by atoms with Crippen molar-refractivity contribution in [3.8, 4) is 0 Å². The molecule has 1 saturated heterocycles. The summed E-state index contributed by atoms with van der Waals surface area (Å²) in [5.41, 5.74) is 2.78. The van der Waals surface area contributed by atoms with E-state index in [4.69, 9.17) is 4.52 Å². The van der Waals surface area contributed by atoms with E-state index in [9.17, 15) is 17.6 Å². The minimum absolute atomic E-state index is 0.217. The Bertz CT molecular complexity index is 1380. The smallest absolute Gasteiger partial charge is 0.243 e. The van der Waals surface area contributed by atoms with Gasteiger partial charge in [0.2, 0.25) is 15.9 Å². The van der Waals surface area contributed by atoms with Crippen molar-refractivity contribution in [3.05, 3.63) is 70.9 Å². The number of hydrogen-bond donors (Lipinski definition) is 1. The van der Waals surface area contributed by atoms with Gasteiger partial charge < -0.3 is 14.7 Å². The summed E-state index contributed by atoms with van der Waals surface area (Å²) in [6, 6.07) is 11.7. The number of piperazine rings is 1. The second-order valence-electron chi connectivity index (χ2n) is 8.39. The number of anilines is 2. The third kappa shape index (κ3) is 5.28. The molecule has 1 N–H and O–H groups in total. The monoisotopic (exact) mass is 498 g/mol. The molecule has 1 amide bonds. The van der Waals surface area contributed by atoms with Gasteiger partial charge in [-0.25, -0.2) is 12.8 Å². The minimum atomic E-state index is -3.75. The zero-order chi connectivity index (χ0) is 25.2. The van der Waals surface area contributed by atoms with E-state index >= 15 is 0 Å². The first kappa shape index (κ1) is 24.6. The molecule has 1 aromatic heterocycles. The van der Waals surface area contributed by atoms with Crippen LogP contribution in [0.25, 0.3) is 12.2 Å². The molecule has 0 saturated carbocycles. The fraction of sp³-hybridized carbons (Fsp3) is 0.280. The van der Waals surface area contributed by atoms with Crippen LogP contribution in [0.15, 0.2) is 51.9 Å². The molecule has 0 unspecified atom stereocenters. The van der Waals surface area contributed by atoms with Crippen molar-refractivity contribution in [1.82, 2.24) is 9.46 Å². The number of hydrogen-bond acceptors (Lipinski definition) is 6. The minimum Gasteiger partial charge on any atom is -0.367 e. The molecule has 0 atom stereocenters. The second-order valence-corrected chi connectivity index (χ2v) is 10.3. The van der Waals surface area contributed by atoms with E-state index in [-0.39, 0.29) is 29.7 Å². The molecule has 4 rings (SSSR count). The summed E-state index contributed by atoms with van der Waals surface area (Å²) in [5.74, 6) is -0.195. The lowest BCUT2D eigenvalue weighted by atomic mass is 10.1. The lowest BCUT2D eigenvalue weighted by Crippen LogP contribution is -2.49. The van der Waals surface area contributed by atoms with E-state index in [2.05, 4.69) is 10.5 Å². The van der Waals surface area contributed by atoms with Crippen LogP contribution in [-0.2, 0) is 14.8 Å². The van der Waals surface area contributed by atoms with Gasteiger partial charge >= 0.3 is 0 Å². The number of nitrogens with one attached hydrogen (secondary N) is 1. The van der Waals surface area contributed by atoms with Crippen LogP contribution in [0.2, 0.25) is 0 Å². The Kier molecular flexibility index (Phi) is 7.04. The summed E-state index contributed by atoms with van der Waals surface area (Å²) in [5, 5.41) is 6.56. The first-order valence-corrected chi connectivity index (χ1v) is 12.6. The van der Waals surface area contributed by atoms with E-state index in [0.717, 1.165) is 0 Å². The standard InChI is InChI=1S/C25H27FN4O4S/c1-17-8-9-20(10-11-23-25(27-19(3)31)18(2)28-34-23)16-24(17)35(32,33)30-14-12-29(13-15-30)22-7-5-4-6-21(22)26/h4-11,16H,12-15H2,1-3H3,(H,27,31)/b11-10-. The van der Waals surface area contributed by atoms with Gasteiger partial charge in [0.1, 0.15) is 17.2 Å². The molecular weight excluding hydrogens is 471 g/mol. The largest absolute Gasteiger partial charge is 0.367 e. The Labute approximate surface area is 204 Å². The Morgan fingerprint density at radius 3 is 2.49 bits per heavy atom. The molecule has 0 aliphatic carbocycles. The average molecular weight is 499 g/mol. The van der Waals surface area contributed by atoms with Crippen molar-refractivity contribution >= 4 is 39.5 Å². The van der Waals surface area contributed by atoms with Gasteiger partial charge in [0, 0.05) is 33.1 Å². The second kappa shape index (κ2) is 10.0. The van der Waals surface area contributed by atoms with Gasteiger partial charge in [0.25, 0.3) is 0 Å². The van der Waals surface area contributed by atoms with Gasteiger partial charge in [-0.2, -0.15) is 4.31 Å². The fourth-order valence-corrected chi connectivity index (χ4v) is 5.70. The number of halogens is 1. The first-order valence-electron chi connectivity index (χ1n) is 11.2. The van der Waals surface area contributed by atoms with Crippen LogP contribution >= 0.6 is 0 Å². The Morgan fingerprint density at radius 2 is 1.80 bits per heavy atom. The molecule has 1 aliphatic rings. The SMILES string of the molecule is CC(=O)Nc1c(C)noc1/C=C\c1ccc(C)c(S(=O)(=O)N2CCN(c3ccccc3F)CC2)c1. The molecule has 10 heteroatoms. The summed E-state index contributed by atoms with van der Waals surface area (Å²) in [4.78, 5) is 13.5. The highest BCUT2D eigenvalue weighted by Gasteiger charge is 2.30. The van der Waals surface area contributed by atoms with Crippen molar-refractivity contribution in [1.29, 1.82) is 0 Å². The highest BCUT2D eigenvalue weighted by molar-refractivity contribution is 7.89. The van der Waals surface area contributed by atoms with Gasteiger partial charge in [-0.05, 0) is 49.2 Å². The summed E-state index contributed by atoms with van der Waals surface area (Å²) in [6.07, 6.45) is 3.35. The third-order valence-corrected chi connectivity index (χ3v) is 7.92. The predicted molar refractivity (Wildman–Crippen MR) is 133 cm³/mol. The molecule has 0 spiro atoms. The fourth-order valence-electron chi connectivity index (χ4n) is 4.02. The van der Waals surface area contributed by atoms with E-state index in [0.29, 0.717) is 47.0 Å². The number of carbonyl (C=O) groups excluding carboxylic acids is 1. The number of sulfonamides is 1.